The summed E-state index contributed by atoms with van der Waals surface area (Å²) in [6.07, 6.45) is 25.8. The molecule has 0 spiro atoms. The molecule has 0 N–H and O–H groups in total. The number of unbranched alkanes of at least 4 members (excludes halogenated alkanes) is 18. The predicted octanol–water partition coefficient (Wildman–Crippen LogP) is 11.0. The summed E-state index contributed by atoms with van der Waals surface area (Å²) in [4.78, 5) is 1.49. The van der Waals surface area contributed by atoms with Crippen molar-refractivity contribution < 1.29 is 32.6 Å². The van der Waals surface area contributed by atoms with Crippen LogP contribution in [0.15, 0.2) is 34.1 Å². The van der Waals surface area contributed by atoms with Crippen molar-refractivity contribution in [3.05, 3.63) is 24.3 Å². The van der Waals surface area contributed by atoms with Crippen LogP contribution in [0.3, 0.4) is 0 Å². The molecular formula is C42H64O7S. The number of benzene rings is 2. The summed E-state index contributed by atoms with van der Waals surface area (Å²) >= 11 is 0. The van der Waals surface area contributed by atoms with Crippen molar-refractivity contribution in [2.45, 2.75) is 164 Å². The first-order chi connectivity index (χ1) is 24.7. The van der Waals surface area contributed by atoms with Crippen LogP contribution in [0.25, 0.3) is 11.1 Å². The van der Waals surface area contributed by atoms with Gasteiger partial charge in [0.1, 0.15) is 25.4 Å². The van der Waals surface area contributed by atoms with Gasteiger partial charge < -0.3 is 28.4 Å². The van der Waals surface area contributed by atoms with E-state index in [1.54, 1.807) is 0 Å². The number of ether oxygens (including phenoxy) is 6. The normalized spacial score (nSPS) is 18.5. The summed E-state index contributed by atoms with van der Waals surface area (Å²) in [5.41, 5.74) is 1.79. The molecule has 3 heterocycles. The maximum atomic E-state index is 14.0. The molecule has 7 nitrogen and oxygen atoms in total. The SMILES string of the molecule is CCCCCCCCCCCCOc1cc2c(cc1OCC1CO1)-c1cc(OCC3CO3)c(OCCCCCCCCCCCC)cc1S2=O. The standard InChI is InChI=1S/C42H64O7S/c1-3-5-7-9-11-13-15-17-19-21-23-44-39-27-41-35(25-37(39)48-31-33-29-46-33)36-26-38(49-32-34-30-47-34)40(28-42(36)50(41)43)45-24-22-20-18-16-14-12-10-8-6-4-2/h25-28,33-34H,3-24,29-32H2,1-2H3. The van der Waals surface area contributed by atoms with Gasteiger partial charge >= 0.3 is 0 Å². The molecule has 0 radical (unpaired) electrons. The van der Waals surface area contributed by atoms with E-state index in [2.05, 4.69) is 13.8 Å². The van der Waals surface area contributed by atoms with E-state index in [1.807, 2.05) is 24.3 Å². The first-order valence-electron chi connectivity index (χ1n) is 20.2. The molecule has 5 rings (SSSR count). The number of hydrogen-bond acceptors (Lipinski definition) is 7. The van der Waals surface area contributed by atoms with Crippen molar-refractivity contribution in [3.8, 4) is 34.1 Å². The zero-order chi connectivity index (χ0) is 34.8. The van der Waals surface area contributed by atoms with Gasteiger partial charge in [0.05, 0.1) is 47.0 Å². The fourth-order valence-electron chi connectivity index (χ4n) is 6.62. The van der Waals surface area contributed by atoms with Gasteiger partial charge in [-0.05, 0) is 25.0 Å². The molecule has 0 bridgehead atoms. The summed E-state index contributed by atoms with van der Waals surface area (Å²) in [5.74, 6) is 2.65. The fourth-order valence-corrected chi connectivity index (χ4v) is 8.02. The molecule has 0 saturated carbocycles. The Labute approximate surface area is 304 Å². The number of hydrogen-bond donors (Lipinski definition) is 0. The molecule has 2 aromatic rings. The van der Waals surface area contributed by atoms with Crippen LogP contribution >= 0.6 is 0 Å². The second-order valence-corrected chi connectivity index (χ2v) is 15.9. The first-order valence-corrected chi connectivity index (χ1v) is 21.4. The lowest BCUT2D eigenvalue weighted by atomic mass is 10.0. The van der Waals surface area contributed by atoms with Crippen molar-refractivity contribution >= 4 is 10.8 Å². The summed E-state index contributed by atoms with van der Waals surface area (Å²) in [5, 5.41) is 0. The highest BCUT2D eigenvalue weighted by Gasteiger charge is 2.32. The van der Waals surface area contributed by atoms with Gasteiger partial charge in [-0.1, -0.05) is 129 Å². The Bertz CT molecular complexity index is 1210. The molecule has 280 valence electrons. The van der Waals surface area contributed by atoms with Crippen molar-refractivity contribution in [1.82, 2.24) is 0 Å². The molecular weight excluding hydrogens is 649 g/mol. The molecule has 8 heteroatoms. The summed E-state index contributed by atoms with van der Waals surface area (Å²) in [7, 11) is -1.36. The fraction of sp³-hybridized carbons (Fsp3) is 0.714. The van der Waals surface area contributed by atoms with E-state index in [1.165, 1.54) is 103 Å². The Kier molecular flexibility index (Phi) is 17.1. The molecule has 2 aromatic carbocycles. The Hall–Kier alpha value is -2.29. The minimum atomic E-state index is -1.36. The van der Waals surface area contributed by atoms with Crippen LogP contribution in [0.5, 0.6) is 23.0 Å². The largest absolute Gasteiger partial charge is 0.490 e. The number of fused-ring (bicyclic) bond motifs is 3. The van der Waals surface area contributed by atoms with Crippen molar-refractivity contribution in [2.24, 2.45) is 0 Å². The Balaban J connectivity index is 1.16. The third kappa shape index (κ3) is 13.0. The first kappa shape index (κ1) is 38.9. The van der Waals surface area contributed by atoms with Gasteiger partial charge in [-0.25, -0.2) is 4.21 Å². The summed E-state index contributed by atoms with van der Waals surface area (Å²) in [6.45, 7) is 8.16. The maximum absolute atomic E-state index is 14.0. The lowest BCUT2D eigenvalue weighted by Crippen LogP contribution is -2.07. The van der Waals surface area contributed by atoms with Crippen LogP contribution in [-0.4, -0.2) is 56.1 Å². The molecule has 3 aliphatic heterocycles. The highest BCUT2D eigenvalue weighted by Crippen LogP contribution is 2.49. The van der Waals surface area contributed by atoms with Crippen molar-refractivity contribution in [2.75, 3.05) is 39.6 Å². The topological polar surface area (TPSA) is 79.1 Å². The average Bonchev–Trinajstić information content (AvgIpc) is 4.07. The number of epoxide rings is 2. The zero-order valence-corrected chi connectivity index (χ0v) is 31.9. The van der Waals surface area contributed by atoms with E-state index in [0.717, 1.165) is 59.8 Å². The highest BCUT2D eigenvalue weighted by atomic mass is 32.2. The van der Waals surface area contributed by atoms with Gasteiger partial charge in [-0.2, -0.15) is 0 Å². The van der Waals surface area contributed by atoms with E-state index in [4.69, 9.17) is 28.4 Å². The van der Waals surface area contributed by atoms with E-state index in [9.17, 15) is 4.21 Å². The molecule has 2 fully saturated rings. The maximum Gasteiger partial charge on any atom is 0.162 e. The number of rotatable bonds is 30. The monoisotopic (exact) mass is 712 g/mol. The second-order valence-electron chi connectivity index (χ2n) is 14.5. The lowest BCUT2D eigenvalue weighted by Gasteiger charge is -2.15. The Morgan fingerprint density at radius 3 is 1.16 bits per heavy atom. The van der Waals surface area contributed by atoms with Gasteiger partial charge in [0.25, 0.3) is 0 Å². The minimum Gasteiger partial charge on any atom is -0.490 e. The van der Waals surface area contributed by atoms with Crippen LogP contribution in [0.1, 0.15) is 142 Å². The molecule has 0 amide bonds. The third-order valence-electron chi connectivity index (χ3n) is 9.95. The van der Waals surface area contributed by atoms with E-state index < -0.39 is 10.8 Å². The molecule has 0 aliphatic carbocycles. The average molecular weight is 713 g/mol. The van der Waals surface area contributed by atoms with Gasteiger partial charge in [-0.3, -0.25) is 0 Å². The van der Waals surface area contributed by atoms with Gasteiger partial charge in [-0.15, -0.1) is 0 Å². The highest BCUT2D eigenvalue weighted by molar-refractivity contribution is 7.85. The molecule has 3 aliphatic rings. The third-order valence-corrected chi connectivity index (χ3v) is 11.4. The van der Waals surface area contributed by atoms with E-state index in [-0.39, 0.29) is 12.2 Å². The predicted molar refractivity (Wildman–Crippen MR) is 202 cm³/mol. The van der Waals surface area contributed by atoms with Gasteiger partial charge in [0.2, 0.25) is 0 Å². The summed E-state index contributed by atoms with van der Waals surface area (Å²) < 4.78 is 49.9. The zero-order valence-electron chi connectivity index (χ0n) is 31.1. The quantitative estimate of drug-likeness (QED) is 0.0503. The molecule has 2 saturated heterocycles. The van der Waals surface area contributed by atoms with E-state index >= 15 is 0 Å². The molecule has 50 heavy (non-hydrogen) atoms. The lowest BCUT2D eigenvalue weighted by molar-refractivity contribution is 0.238. The van der Waals surface area contributed by atoms with Crippen molar-refractivity contribution in [3.63, 3.8) is 0 Å². The van der Waals surface area contributed by atoms with Crippen LogP contribution in [0.2, 0.25) is 0 Å². The molecule has 2 atom stereocenters. The summed E-state index contributed by atoms with van der Waals surface area (Å²) in [6, 6.07) is 7.84. The molecule has 0 aromatic heterocycles. The van der Waals surface area contributed by atoms with Crippen LogP contribution in [0, 0.1) is 0 Å². The smallest absolute Gasteiger partial charge is 0.162 e. The van der Waals surface area contributed by atoms with Gasteiger partial charge in [0, 0.05) is 23.3 Å². The van der Waals surface area contributed by atoms with E-state index in [0.29, 0.717) is 49.4 Å². The Morgan fingerprint density at radius 1 is 0.500 bits per heavy atom. The van der Waals surface area contributed by atoms with Gasteiger partial charge in [0.15, 0.2) is 23.0 Å². The molecule has 2 unspecified atom stereocenters. The minimum absolute atomic E-state index is 0.124. The second kappa shape index (κ2) is 21.9. The van der Waals surface area contributed by atoms with Crippen LogP contribution in [0.4, 0.5) is 0 Å². The Morgan fingerprint density at radius 2 is 0.820 bits per heavy atom. The van der Waals surface area contributed by atoms with Crippen LogP contribution < -0.4 is 18.9 Å². The van der Waals surface area contributed by atoms with Crippen LogP contribution in [-0.2, 0) is 20.3 Å². The van der Waals surface area contributed by atoms with Crippen molar-refractivity contribution in [1.29, 1.82) is 0 Å².